The molecule has 0 amide bonds. The van der Waals surface area contributed by atoms with Crippen LogP contribution in [-0.2, 0) is 6.54 Å². The molecule has 1 aliphatic carbocycles. The third kappa shape index (κ3) is 5.06. The highest BCUT2D eigenvalue weighted by Crippen LogP contribution is 2.34. The summed E-state index contributed by atoms with van der Waals surface area (Å²) in [6.45, 7) is 5.91. The average molecular weight is 373 g/mol. The van der Waals surface area contributed by atoms with Crippen molar-refractivity contribution < 1.29 is 0 Å². The number of aromatic nitrogens is 4. The van der Waals surface area contributed by atoms with E-state index in [9.17, 15) is 0 Å². The Bertz CT molecular complexity index is 639. The largest absolute Gasteiger partial charge is 0.370 e. The van der Waals surface area contributed by atoms with Gasteiger partial charge in [-0.2, -0.15) is 5.10 Å². The number of halogens is 2. The Kier molecular flexibility index (Phi) is 7.93. The number of hydrogen-bond donors (Lipinski definition) is 2. The van der Waals surface area contributed by atoms with Crippen molar-refractivity contribution in [1.82, 2.24) is 19.7 Å². The first-order valence-electron chi connectivity index (χ1n) is 7.94. The van der Waals surface area contributed by atoms with Crippen LogP contribution >= 0.6 is 24.8 Å². The summed E-state index contributed by atoms with van der Waals surface area (Å²) >= 11 is 0. The van der Waals surface area contributed by atoms with Crippen molar-refractivity contribution in [3.05, 3.63) is 35.5 Å². The summed E-state index contributed by atoms with van der Waals surface area (Å²) in [7, 11) is 0. The number of nitrogens with two attached hydrogens (primary N) is 1. The molecule has 1 saturated carbocycles. The molecule has 0 unspecified atom stereocenters. The van der Waals surface area contributed by atoms with Crippen molar-refractivity contribution in [2.45, 2.75) is 51.6 Å². The van der Waals surface area contributed by atoms with Crippen molar-refractivity contribution in [1.29, 1.82) is 0 Å². The minimum absolute atomic E-state index is 0. The van der Waals surface area contributed by atoms with Crippen LogP contribution in [0.1, 0.15) is 42.3 Å². The van der Waals surface area contributed by atoms with Crippen LogP contribution < -0.4 is 11.1 Å². The molecule has 0 aliphatic heterocycles. The van der Waals surface area contributed by atoms with Gasteiger partial charge in [-0.3, -0.25) is 4.68 Å². The van der Waals surface area contributed by atoms with Gasteiger partial charge in [-0.25, -0.2) is 9.97 Å². The Labute approximate surface area is 155 Å². The van der Waals surface area contributed by atoms with Gasteiger partial charge in [-0.15, -0.1) is 24.8 Å². The smallest absolute Gasteiger partial charge is 0.129 e. The van der Waals surface area contributed by atoms with Crippen molar-refractivity contribution in [2.75, 3.05) is 11.9 Å². The number of hydrogen-bond acceptors (Lipinski definition) is 5. The second kappa shape index (κ2) is 9.20. The maximum Gasteiger partial charge on any atom is 0.129 e. The van der Waals surface area contributed by atoms with E-state index < -0.39 is 0 Å². The molecule has 0 spiro atoms. The van der Waals surface area contributed by atoms with Gasteiger partial charge in [-0.05, 0) is 39.2 Å². The minimum Gasteiger partial charge on any atom is -0.370 e. The lowest BCUT2D eigenvalue weighted by atomic mass is 9.79. The first-order chi connectivity index (χ1) is 10.6. The van der Waals surface area contributed by atoms with E-state index in [0.717, 1.165) is 49.6 Å². The number of nitrogens with zero attached hydrogens (tertiary/aromatic N) is 4. The number of aryl methyl sites for hydroxylation is 3. The van der Waals surface area contributed by atoms with E-state index >= 15 is 0 Å². The zero-order valence-corrected chi connectivity index (χ0v) is 15.7. The van der Waals surface area contributed by atoms with E-state index in [2.05, 4.69) is 44.1 Å². The summed E-state index contributed by atoms with van der Waals surface area (Å²) in [4.78, 5) is 8.65. The Morgan fingerprint density at radius 2 is 1.96 bits per heavy atom. The van der Waals surface area contributed by atoms with E-state index in [1.165, 1.54) is 5.69 Å². The number of anilines is 1. The molecule has 2 aromatic heterocycles. The van der Waals surface area contributed by atoms with Crippen LogP contribution in [0.5, 0.6) is 0 Å². The van der Waals surface area contributed by atoms with E-state index in [4.69, 9.17) is 5.73 Å². The molecule has 0 aromatic carbocycles. The fourth-order valence-electron chi connectivity index (χ4n) is 2.94. The van der Waals surface area contributed by atoms with Crippen LogP contribution in [0.3, 0.4) is 0 Å². The Morgan fingerprint density at radius 3 is 2.58 bits per heavy atom. The van der Waals surface area contributed by atoms with Gasteiger partial charge in [0.1, 0.15) is 12.1 Å². The van der Waals surface area contributed by atoms with Gasteiger partial charge in [0, 0.05) is 42.5 Å². The highest BCUT2D eigenvalue weighted by atomic mass is 35.5. The number of rotatable bonds is 6. The van der Waals surface area contributed by atoms with Crippen molar-refractivity contribution in [2.24, 2.45) is 5.73 Å². The SMILES string of the molecule is Cc1cc(C)n(CCCNc2cc(C3CC(N)C3)ncn2)n1.Cl.Cl. The summed E-state index contributed by atoms with van der Waals surface area (Å²) in [6, 6.07) is 4.50. The predicted molar refractivity (Wildman–Crippen MR) is 101 cm³/mol. The van der Waals surface area contributed by atoms with Crippen LogP contribution in [0.2, 0.25) is 0 Å². The average Bonchev–Trinajstić information content (AvgIpc) is 2.79. The third-order valence-corrected chi connectivity index (χ3v) is 4.24. The predicted octanol–water partition coefficient (Wildman–Crippen LogP) is 2.84. The molecule has 0 bridgehead atoms. The first kappa shape index (κ1) is 20.7. The summed E-state index contributed by atoms with van der Waals surface area (Å²) in [6.07, 6.45) is 4.72. The zero-order chi connectivity index (χ0) is 15.5. The summed E-state index contributed by atoms with van der Waals surface area (Å²) in [5.74, 6) is 1.41. The molecule has 134 valence electrons. The fourth-order valence-corrected chi connectivity index (χ4v) is 2.94. The molecule has 1 fully saturated rings. The number of nitrogens with one attached hydrogen (secondary N) is 1. The van der Waals surface area contributed by atoms with Crippen molar-refractivity contribution >= 4 is 30.6 Å². The molecule has 2 aromatic rings. The fraction of sp³-hybridized carbons (Fsp3) is 0.562. The molecule has 2 heterocycles. The molecular weight excluding hydrogens is 347 g/mol. The van der Waals surface area contributed by atoms with Gasteiger partial charge in [0.05, 0.1) is 5.69 Å². The zero-order valence-electron chi connectivity index (χ0n) is 14.1. The molecule has 0 saturated heterocycles. The van der Waals surface area contributed by atoms with Gasteiger partial charge in [0.25, 0.3) is 0 Å². The molecule has 1 aliphatic rings. The standard InChI is InChI=1S/C16H24N6.2ClH/c1-11-6-12(2)22(21-11)5-3-4-18-16-9-15(19-10-20-16)13-7-14(17)8-13;;/h6,9-10,13-14H,3-5,7-8,17H2,1-2H3,(H,18,19,20);2*1H. The van der Waals surface area contributed by atoms with Crippen LogP contribution in [0.4, 0.5) is 5.82 Å². The Balaban J connectivity index is 0.00000144. The monoisotopic (exact) mass is 372 g/mol. The molecule has 8 heteroatoms. The lowest BCUT2D eigenvalue weighted by molar-refractivity contribution is 0.345. The third-order valence-electron chi connectivity index (χ3n) is 4.24. The summed E-state index contributed by atoms with van der Waals surface area (Å²) in [5, 5.41) is 7.84. The van der Waals surface area contributed by atoms with Gasteiger partial charge in [-0.1, -0.05) is 0 Å². The molecule has 3 rings (SSSR count). The highest BCUT2D eigenvalue weighted by molar-refractivity contribution is 5.85. The second-order valence-corrected chi connectivity index (χ2v) is 6.19. The lowest BCUT2D eigenvalue weighted by Crippen LogP contribution is -2.35. The lowest BCUT2D eigenvalue weighted by Gasteiger charge is -2.31. The minimum atomic E-state index is 0. The van der Waals surface area contributed by atoms with Gasteiger partial charge in [0.2, 0.25) is 0 Å². The van der Waals surface area contributed by atoms with Crippen molar-refractivity contribution in [3.63, 3.8) is 0 Å². The van der Waals surface area contributed by atoms with Crippen LogP contribution in [0, 0.1) is 13.8 Å². The van der Waals surface area contributed by atoms with Crippen LogP contribution in [-0.4, -0.2) is 32.3 Å². The van der Waals surface area contributed by atoms with E-state index in [-0.39, 0.29) is 24.8 Å². The Morgan fingerprint density at radius 1 is 1.21 bits per heavy atom. The summed E-state index contributed by atoms with van der Waals surface area (Å²) < 4.78 is 2.05. The van der Waals surface area contributed by atoms with Crippen molar-refractivity contribution in [3.8, 4) is 0 Å². The molecule has 3 N–H and O–H groups in total. The van der Waals surface area contributed by atoms with Crippen LogP contribution in [0.25, 0.3) is 0 Å². The molecule has 0 atom stereocenters. The molecule has 0 radical (unpaired) electrons. The van der Waals surface area contributed by atoms with Gasteiger partial charge < -0.3 is 11.1 Å². The molecular formula is C16H26Cl2N6. The second-order valence-electron chi connectivity index (χ2n) is 6.19. The maximum absolute atomic E-state index is 5.84. The maximum atomic E-state index is 5.84. The van der Waals surface area contributed by atoms with E-state index in [0.29, 0.717) is 12.0 Å². The summed E-state index contributed by atoms with van der Waals surface area (Å²) in [5.41, 5.74) is 9.24. The molecule has 24 heavy (non-hydrogen) atoms. The first-order valence-corrected chi connectivity index (χ1v) is 7.94. The quantitative estimate of drug-likeness (QED) is 0.761. The highest BCUT2D eigenvalue weighted by Gasteiger charge is 2.28. The van der Waals surface area contributed by atoms with E-state index in [1.807, 2.05) is 6.92 Å². The Hall–Kier alpha value is -1.37. The van der Waals surface area contributed by atoms with Gasteiger partial charge in [0.15, 0.2) is 0 Å². The topological polar surface area (TPSA) is 81.7 Å². The van der Waals surface area contributed by atoms with Crippen LogP contribution in [0.15, 0.2) is 18.5 Å². The normalized spacial score (nSPS) is 19.0. The van der Waals surface area contributed by atoms with Gasteiger partial charge >= 0.3 is 0 Å². The molecule has 6 nitrogen and oxygen atoms in total. The van der Waals surface area contributed by atoms with E-state index in [1.54, 1.807) is 6.33 Å².